The first-order valence-electron chi connectivity index (χ1n) is 8.20. The van der Waals surface area contributed by atoms with E-state index in [-0.39, 0.29) is 29.6 Å². The maximum atomic E-state index is 12.4. The Morgan fingerprint density at radius 2 is 1.81 bits per heavy atom. The highest BCUT2D eigenvalue weighted by molar-refractivity contribution is 7.91. The minimum absolute atomic E-state index is 0.124. The zero-order valence-electron chi connectivity index (χ0n) is 14.0. The number of nitrogens with zero attached hydrogens (tertiary/aromatic N) is 2. The van der Waals surface area contributed by atoms with Gasteiger partial charge in [-0.05, 0) is 36.4 Å². The van der Waals surface area contributed by atoms with Crippen LogP contribution in [0.5, 0.6) is 11.5 Å². The van der Waals surface area contributed by atoms with Crippen LogP contribution in [0.2, 0.25) is 5.02 Å². The molecule has 140 valence electrons. The molecule has 0 fully saturated rings. The average molecular weight is 407 g/mol. The maximum absolute atomic E-state index is 12.4. The van der Waals surface area contributed by atoms with Gasteiger partial charge in [-0.3, -0.25) is 0 Å². The molecule has 1 atom stereocenters. The Bertz CT molecular complexity index is 1050. The van der Waals surface area contributed by atoms with Gasteiger partial charge >= 0.3 is 0 Å². The molecule has 2 aromatic carbocycles. The summed E-state index contributed by atoms with van der Waals surface area (Å²) in [5, 5.41) is 4.33. The van der Waals surface area contributed by atoms with Gasteiger partial charge in [0.15, 0.2) is 27.2 Å². The Morgan fingerprint density at radius 3 is 2.59 bits per heavy atom. The Balaban J connectivity index is 1.42. The van der Waals surface area contributed by atoms with E-state index in [1.54, 1.807) is 18.2 Å². The number of aromatic nitrogens is 2. The second kappa shape index (κ2) is 7.21. The van der Waals surface area contributed by atoms with Gasteiger partial charge in [-0.2, -0.15) is 4.98 Å². The van der Waals surface area contributed by atoms with Gasteiger partial charge in [-0.25, -0.2) is 8.42 Å². The third kappa shape index (κ3) is 3.91. The monoisotopic (exact) mass is 406 g/mol. The van der Waals surface area contributed by atoms with Crippen molar-refractivity contribution in [1.29, 1.82) is 0 Å². The van der Waals surface area contributed by atoms with Gasteiger partial charge < -0.3 is 14.0 Å². The van der Waals surface area contributed by atoms with Crippen molar-refractivity contribution < 1.29 is 22.4 Å². The van der Waals surface area contributed by atoms with Crippen LogP contribution in [-0.4, -0.2) is 30.9 Å². The first-order valence-corrected chi connectivity index (χ1v) is 10.2. The van der Waals surface area contributed by atoms with Crippen LogP contribution in [0.15, 0.2) is 57.9 Å². The lowest BCUT2D eigenvalue weighted by molar-refractivity contribution is 0.0665. The molecule has 0 saturated carbocycles. The minimum atomic E-state index is -3.47. The molecule has 9 heteroatoms. The molecule has 4 rings (SSSR count). The molecule has 0 N–H and O–H groups in total. The van der Waals surface area contributed by atoms with Crippen LogP contribution in [0, 0.1) is 0 Å². The lowest BCUT2D eigenvalue weighted by Crippen LogP contribution is -2.21. The van der Waals surface area contributed by atoms with Gasteiger partial charge in [0.2, 0.25) is 6.10 Å². The fraction of sp³-hybridized carbons (Fsp3) is 0.222. The molecule has 0 bridgehead atoms. The van der Waals surface area contributed by atoms with Crippen molar-refractivity contribution in [3.8, 4) is 11.5 Å². The highest BCUT2D eigenvalue weighted by Gasteiger charge is 2.27. The van der Waals surface area contributed by atoms with Crippen molar-refractivity contribution >= 4 is 21.4 Å². The summed E-state index contributed by atoms with van der Waals surface area (Å²) in [7, 11) is -3.47. The predicted octanol–water partition coefficient (Wildman–Crippen LogP) is 3.25. The molecule has 0 spiro atoms. The van der Waals surface area contributed by atoms with Gasteiger partial charge in [0, 0.05) is 11.4 Å². The quantitative estimate of drug-likeness (QED) is 0.642. The van der Waals surface area contributed by atoms with Crippen LogP contribution in [0.1, 0.15) is 17.8 Å². The van der Waals surface area contributed by atoms with Crippen molar-refractivity contribution in [3.05, 3.63) is 65.3 Å². The summed E-state index contributed by atoms with van der Waals surface area (Å²) in [4.78, 5) is 4.45. The van der Waals surface area contributed by atoms with E-state index in [0.717, 1.165) is 0 Å². The highest BCUT2D eigenvalue weighted by Crippen LogP contribution is 2.35. The second-order valence-corrected chi connectivity index (χ2v) is 8.48. The molecule has 1 aliphatic rings. The molecule has 0 radical (unpaired) electrons. The summed E-state index contributed by atoms with van der Waals surface area (Å²) in [6.07, 6.45) is -0.410. The summed E-state index contributed by atoms with van der Waals surface area (Å²) < 4.78 is 41.4. The molecule has 0 saturated heterocycles. The van der Waals surface area contributed by atoms with E-state index in [1.807, 2.05) is 18.2 Å². The molecule has 3 aromatic rings. The van der Waals surface area contributed by atoms with Crippen LogP contribution in [0.4, 0.5) is 0 Å². The lowest BCUT2D eigenvalue weighted by atomic mass is 10.2. The molecule has 1 aliphatic heterocycles. The molecule has 27 heavy (non-hydrogen) atoms. The van der Waals surface area contributed by atoms with Crippen molar-refractivity contribution in [2.75, 3.05) is 12.4 Å². The topological polar surface area (TPSA) is 91.5 Å². The summed E-state index contributed by atoms with van der Waals surface area (Å²) in [6, 6.07) is 13.3. The summed E-state index contributed by atoms with van der Waals surface area (Å²) >= 11 is 5.79. The number of benzene rings is 2. The molecule has 2 heterocycles. The zero-order chi connectivity index (χ0) is 18.9. The van der Waals surface area contributed by atoms with E-state index in [4.69, 9.17) is 25.6 Å². The van der Waals surface area contributed by atoms with E-state index in [9.17, 15) is 8.42 Å². The molecule has 0 amide bonds. The van der Waals surface area contributed by atoms with Gasteiger partial charge in [0.1, 0.15) is 6.61 Å². The van der Waals surface area contributed by atoms with Crippen molar-refractivity contribution in [2.24, 2.45) is 0 Å². The molecule has 0 aliphatic carbocycles. The van der Waals surface area contributed by atoms with Crippen LogP contribution < -0.4 is 9.47 Å². The van der Waals surface area contributed by atoms with Gasteiger partial charge in [0.25, 0.3) is 5.89 Å². The minimum Gasteiger partial charge on any atom is -0.485 e. The van der Waals surface area contributed by atoms with Crippen molar-refractivity contribution in [3.63, 3.8) is 0 Å². The number of sulfone groups is 1. The number of halogens is 1. The Labute approximate surface area is 160 Å². The van der Waals surface area contributed by atoms with E-state index < -0.39 is 15.9 Å². The number of fused-ring (bicyclic) bond motifs is 1. The first-order chi connectivity index (χ1) is 13.0. The van der Waals surface area contributed by atoms with Gasteiger partial charge in [0.05, 0.1) is 10.6 Å². The van der Waals surface area contributed by atoms with Gasteiger partial charge in [-0.15, -0.1) is 0 Å². The molecular formula is C18H15ClN2O5S. The Hall–Kier alpha value is -2.58. The summed E-state index contributed by atoms with van der Waals surface area (Å²) in [5.41, 5.74) is 0. The van der Waals surface area contributed by atoms with Gasteiger partial charge in [-0.1, -0.05) is 28.9 Å². The second-order valence-electron chi connectivity index (χ2n) is 5.94. The SMILES string of the molecule is O=S(=O)(CCc1noc([C@@H]2COc3ccccc3O2)n1)c1ccc(Cl)cc1. The number of ether oxygens (including phenoxy) is 2. The summed E-state index contributed by atoms with van der Waals surface area (Å²) in [5.74, 6) is 1.66. The molecular weight excluding hydrogens is 392 g/mol. The molecule has 0 unspecified atom stereocenters. The lowest BCUT2D eigenvalue weighted by Gasteiger charge is -2.23. The Kier molecular flexibility index (Phi) is 4.75. The largest absolute Gasteiger partial charge is 0.485 e. The smallest absolute Gasteiger partial charge is 0.271 e. The number of hydrogen-bond donors (Lipinski definition) is 0. The number of rotatable bonds is 5. The van der Waals surface area contributed by atoms with Crippen molar-refractivity contribution in [1.82, 2.24) is 10.1 Å². The van der Waals surface area contributed by atoms with Crippen LogP contribution in [0.25, 0.3) is 0 Å². The fourth-order valence-corrected chi connectivity index (χ4v) is 3.99. The number of para-hydroxylation sites is 2. The normalized spacial score (nSPS) is 16.3. The van der Waals surface area contributed by atoms with Crippen LogP contribution in [-0.2, 0) is 16.3 Å². The van der Waals surface area contributed by atoms with Crippen molar-refractivity contribution in [2.45, 2.75) is 17.4 Å². The third-order valence-corrected chi connectivity index (χ3v) is 6.02. The van der Waals surface area contributed by atoms with E-state index >= 15 is 0 Å². The molecule has 7 nitrogen and oxygen atoms in total. The van der Waals surface area contributed by atoms with Crippen LogP contribution >= 0.6 is 11.6 Å². The Morgan fingerprint density at radius 1 is 1.07 bits per heavy atom. The molecule has 1 aromatic heterocycles. The standard InChI is InChI=1S/C18H15ClN2O5S/c19-12-5-7-13(8-6-12)27(22,23)10-9-17-20-18(26-21-17)16-11-24-14-3-1-2-4-15(14)25-16/h1-8,16H,9-11H2/t16-/m0/s1. The average Bonchev–Trinajstić information content (AvgIpc) is 3.16. The zero-order valence-corrected chi connectivity index (χ0v) is 15.6. The number of aryl methyl sites for hydroxylation is 1. The fourth-order valence-electron chi connectivity index (χ4n) is 2.63. The summed E-state index contributed by atoms with van der Waals surface area (Å²) in [6.45, 7) is 0.238. The van der Waals surface area contributed by atoms with E-state index in [1.165, 1.54) is 12.1 Å². The third-order valence-electron chi connectivity index (χ3n) is 4.03. The van der Waals surface area contributed by atoms with E-state index in [0.29, 0.717) is 22.3 Å². The van der Waals surface area contributed by atoms with Crippen LogP contribution in [0.3, 0.4) is 0 Å². The first kappa shape index (κ1) is 17.8. The van der Waals surface area contributed by atoms with E-state index in [2.05, 4.69) is 10.1 Å². The highest BCUT2D eigenvalue weighted by atomic mass is 35.5. The maximum Gasteiger partial charge on any atom is 0.271 e. The number of hydrogen-bond acceptors (Lipinski definition) is 7. The predicted molar refractivity (Wildman–Crippen MR) is 96.8 cm³/mol.